The molecule has 22 heavy (non-hydrogen) atoms. The largest absolute Gasteiger partial charge is 0.489 e. The van der Waals surface area contributed by atoms with Gasteiger partial charge in [-0.25, -0.2) is 9.18 Å². The van der Waals surface area contributed by atoms with Crippen molar-refractivity contribution in [1.29, 1.82) is 0 Å². The van der Waals surface area contributed by atoms with E-state index in [1.54, 1.807) is 26.1 Å². The maximum atomic E-state index is 13.0. The van der Waals surface area contributed by atoms with Gasteiger partial charge in [0.2, 0.25) is 0 Å². The van der Waals surface area contributed by atoms with Crippen LogP contribution in [0.1, 0.15) is 19.8 Å². The standard InChI is InChI=1S/C16H23FN2O3/c1-11(22-14-5-3-4-13(17)8-14)9-18-16(21)19(2)10-15(20)12-6-7-12/h3-5,8,11-12,15,20H,6-7,9-10H2,1-2H3,(H,18,21). The number of hydrogen-bond donors (Lipinski definition) is 2. The Hall–Kier alpha value is -1.82. The quantitative estimate of drug-likeness (QED) is 0.810. The van der Waals surface area contributed by atoms with Gasteiger partial charge in [-0.2, -0.15) is 0 Å². The Balaban J connectivity index is 1.70. The van der Waals surface area contributed by atoms with Gasteiger partial charge in [-0.1, -0.05) is 6.07 Å². The lowest BCUT2D eigenvalue weighted by atomic mass is 10.2. The summed E-state index contributed by atoms with van der Waals surface area (Å²) in [6.07, 6.45) is 1.34. The van der Waals surface area contributed by atoms with Crippen LogP contribution >= 0.6 is 0 Å². The van der Waals surface area contributed by atoms with Crippen molar-refractivity contribution in [3.63, 3.8) is 0 Å². The SMILES string of the molecule is CC(CNC(=O)N(C)CC(O)C1CC1)Oc1cccc(F)c1. The van der Waals surface area contributed by atoms with Crippen LogP contribution in [0.15, 0.2) is 24.3 Å². The van der Waals surface area contributed by atoms with Crippen LogP contribution in [-0.2, 0) is 0 Å². The fourth-order valence-corrected chi connectivity index (χ4v) is 2.17. The van der Waals surface area contributed by atoms with Gasteiger partial charge in [-0.3, -0.25) is 0 Å². The number of aliphatic hydroxyl groups is 1. The maximum absolute atomic E-state index is 13.0. The summed E-state index contributed by atoms with van der Waals surface area (Å²) >= 11 is 0. The van der Waals surface area contributed by atoms with Crippen LogP contribution in [0.3, 0.4) is 0 Å². The first kappa shape index (κ1) is 16.5. The summed E-state index contributed by atoms with van der Waals surface area (Å²) in [6, 6.07) is 5.63. The molecule has 1 aromatic carbocycles. The first-order valence-corrected chi connectivity index (χ1v) is 7.55. The third-order valence-corrected chi connectivity index (χ3v) is 3.65. The Morgan fingerprint density at radius 1 is 1.55 bits per heavy atom. The van der Waals surface area contributed by atoms with Crippen LogP contribution in [0.4, 0.5) is 9.18 Å². The van der Waals surface area contributed by atoms with Gasteiger partial charge in [0.1, 0.15) is 17.7 Å². The Morgan fingerprint density at radius 2 is 2.27 bits per heavy atom. The molecule has 2 atom stereocenters. The van der Waals surface area contributed by atoms with Crippen molar-refractivity contribution in [3.05, 3.63) is 30.1 Å². The molecule has 1 aliphatic rings. The van der Waals surface area contributed by atoms with Gasteiger partial charge in [-0.15, -0.1) is 0 Å². The van der Waals surface area contributed by atoms with Gasteiger partial charge in [0, 0.05) is 19.7 Å². The number of aliphatic hydroxyl groups excluding tert-OH is 1. The molecule has 0 saturated heterocycles. The number of ether oxygens (including phenoxy) is 1. The third-order valence-electron chi connectivity index (χ3n) is 3.65. The minimum Gasteiger partial charge on any atom is -0.489 e. The second-order valence-electron chi connectivity index (χ2n) is 5.86. The number of urea groups is 1. The number of amides is 2. The van der Waals surface area contributed by atoms with Gasteiger partial charge in [-0.05, 0) is 37.8 Å². The van der Waals surface area contributed by atoms with Crippen LogP contribution in [0.2, 0.25) is 0 Å². The smallest absolute Gasteiger partial charge is 0.317 e. The van der Waals surface area contributed by atoms with Crippen molar-refractivity contribution >= 4 is 6.03 Å². The van der Waals surface area contributed by atoms with Gasteiger partial charge in [0.15, 0.2) is 0 Å². The highest BCUT2D eigenvalue weighted by Crippen LogP contribution is 2.32. The van der Waals surface area contributed by atoms with E-state index in [0.717, 1.165) is 12.8 Å². The molecule has 0 aromatic heterocycles. The van der Waals surface area contributed by atoms with Crippen molar-refractivity contribution in [2.45, 2.75) is 32.0 Å². The summed E-state index contributed by atoms with van der Waals surface area (Å²) in [5.41, 5.74) is 0. The molecule has 0 radical (unpaired) electrons. The molecule has 5 nitrogen and oxygen atoms in total. The lowest BCUT2D eigenvalue weighted by Gasteiger charge is -2.22. The predicted octanol–water partition coefficient (Wildman–Crippen LogP) is 2.01. The number of likely N-dealkylation sites (N-methyl/N-ethyl adjacent to an activating group) is 1. The molecule has 2 unspecified atom stereocenters. The average molecular weight is 310 g/mol. The van der Waals surface area contributed by atoms with Crippen LogP contribution in [0.25, 0.3) is 0 Å². The first-order valence-electron chi connectivity index (χ1n) is 7.55. The lowest BCUT2D eigenvalue weighted by Crippen LogP contribution is -2.44. The molecule has 1 aromatic rings. The van der Waals surface area contributed by atoms with Crippen molar-refractivity contribution < 1.29 is 19.0 Å². The van der Waals surface area contributed by atoms with Gasteiger partial charge >= 0.3 is 6.03 Å². The van der Waals surface area contributed by atoms with E-state index >= 15 is 0 Å². The minimum atomic E-state index is -0.447. The highest BCUT2D eigenvalue weighted by molar-refractivity contribution is 5.73. The normalized spacial score (nSPS) is 16.7. The highest BCUT2D eigenvalue weighted by atomic mass is 19.1. The number of rotatable bonds is 7. The number of carbonyl (C=O) groups is 1. The monoisotopic (exact) mass is 310 g/mol. The summed E-state index contributed by atoms with van der Waals surface area (Å²) in [7, 11) is 1.65. The van der Waals surface area contributed by atoms with E-state index < -0.39 is 6.10 Å². The summed E-state index contributed by atoms with van der Waals surface area (Å²) in [4.78, 5) is 13.4. The van der Waals surface area contributed by atoms with E-state index in [9.17, 15) is 14.3 Å². The summed E-state index contributed by atoms with van der Waals surface area (Å²) in [6.45, 7) is 2.43. The summed E-state index contributed by atoms with van der Waals surface area (Å²) in [5.74, 6) is 0.410. The Bertz CT molecular complexity index is 508. The lowest BCUT2D eigenvalue weighted by molar-refractivity contribution is 0.112. The number of carbonyl (C=O) groups excluding carboxylic acids is 1. The number of benzene rings is 1. The zero-order valence-electron chi connectivity index (χ0n) is 13.0. The van der Waals surface area contributed by atoms with Gasteiger partial charge in [0.05, 0.1) is 12.6 Å². The molecule has 1 saturated carbocycles. The number of halogens is 1. The second kappa shape index (κ2) is 7.45. The molecule has 0 heterocycles. The molecule has 6 heteroatoms. The Kier molecular flexibility index (Phi) is 5.60. The number of hydrogen-bond acceptors (Lipinski definition) is 3. The van der Waals surface area contributed by atoms with Gasteiger partial charge < -0.3 is 20.1 Å². The average Bonchev–Trinajstić information content (AvgIpc) is 3.29. The van der Waals surface area contributed by atoms with Gasteiger partial charge in [0.25, 0.3) is 0 Å². The molecule has 2 rings (SSSR count). The molecule has 0 aliphatic heterocycles. The fraction of sp³-hybridized carbons (Fsp3) is 0.562. The van der Waals surface area contributed by atoms with E-state index in [-0.39, 0.29) is 18.0 Å². The van der Waals surface area contributed by atoms with E-state index in [1.807, 2.05) is 0 Å². The van der Waals surface area contributed by atoms with Crippen molar-refractivity contribution in [2.24, 2.45) is 5.92 Å². The van der Waals surface area contributed by atoms with E-state index in [0.29, 0.717) is 24.8 Å². The molecule has 0 bridgehead atoms. The molecule has 1 aliphatic carbocycles. The van der Waals surface area contributed by atoms with E-state index in [1.165, 1.54) is 17.0 Å². The van der Waals surface area contributed by atoms with E-state index in [4.69, 9.17) is 4.74 Å². The Labute approximate surface area is 130 Å². The minimum absolute atomic E-state index is 0.255. The zero-order valence-corrected chi connectivity index (χ0v) is 13.0. The molecule has 0 spiro atoms. The Morgan fingerprint density at radius 3 is 2.91 bits per heavy atom. The molecular weight excluding hydrogens is 287 g/mol. The summed E-state index contributed by atoms with van der Waals surface area (Å²) < 4.78 is 18.6. The molecular formula is C16H23FN2O3. The van der Waals surface area contributed by atoms with Crippen LogP contribution in [0, 0.1) is 11.7 Å². The molecule has 122 valence electrons. The van der Waals surface area contributed by atoms with Crippen molar-refractivity contribution in [3.8, 4) is 5.75 Å². The third kappa shape index (κ3) is 5.18. The first-order chi connectivity index (χ1) is 10.5. The van der Waals surface area contributed by atoms with Crippen molar-refractivity contribution in [2.75, 3.05) is 20.1 Å². The molecule has 2 amide bonds. The number of nitrogens with one attached hydrogen (secondary N) is 1. The van der Waals surface area contributed by atoms with E-state index in [2.05, 4.69) is 5.32 Å². The number of nitrogens with zero attached hydrogens (tertiary/aromatic N) is 1. The highest BCUT2D eigenvalue weighted by Gasteiger charge is 2.31. The summed E-state index contributed by atoms with van der Waals surface area (Å²) in [5, 5.41) is 12.6. The maximum Gasteiger partial charge on any atom is 0.317 e. The van der Waals surface area contributed by atoms with Crippen LogP contribution in [-0.4, -0.2) is 48.4 Å². The van der Waals surface area contributed by atoms with Crippen molar-refractivity contribution in [1.82, 2.24) is 10.2 Å². The molecule has 1 fully saturated rings. The zero-order chi connectivity index (χ0) is 16.1. The molecule has 2 N–H and O–H groups in total. The topological polar surface area (TPSA) is 61.8 Å². The predicted molar refractivity (Wildman–Crippen MR) is 81.2 cm³/mol. The van der Waals surface area contributed by atoms with Crippen LogP contribution < -0.4 is 10.1 Å². The van der Waals surface area contributed by atoms with Crippen LogP contribution in [0.5, 0.6) is 5.75 Å². The fourth-order valence-electron chi connectivity index (χ4n) is 2.17. The second-order valence-corrected chi connectivity index (χ2v) is 5.86.